The van der Waals surface area contributed by atoms with E-state index in [0.717, 1.165) is 11.1 Å². The van der Waals surface area contributed by atoms with Crippen molar-refractivity contribution in [3.8, 4) is 0 Å². The highest BCUT2D eigenvalue weighted by molar-refractivity contribution is 5.94. The first-order chi connectivity index (χ1) is 9.54. The molecule has 0 radical (unpaired) electrons. The molecule has 0 spiro atoms. The second kappa shape index (κ2) is 6.02. The molecular formula is C16H15NO3. The van der Waals surface area contributed by atoms with E-state index in [1.165, 1.54) is 12.1 Å². The van der Waals surface area contributed by atoms with Crippen molar-refractivity contribution < 1.29 is 14.7 Å². The Labute approximate surface area is 117 Å². The van der Waals surface area contributed by atoms with E-state index >= 15 is 0 Å². The van der Waals surface area contributed by atoms with Crippen LogP contribution in [0.5, 0.6) is 0 Å². The Bertz CT molecular complexity index is 650. The Morgan fingerprint density at radius 1 is 1.10 bits per heavy atom. The lowest BCUT2D eigenvalue weighted by Gasteiger charge is -2.06. The molecular weight excluding hydrogens is 254 g/mol. The van der Waals surface area contributed by atoms with Gasteiger partial charge in [-0.1, -0.05) is 35.9 Å². The highest BCUT2D eigenvalue weighted by Gasteiger charge is 2.07. The zero-order chi connectivity index (χ0) is 14.5. The van der Waals surface area contributed by atoms with E-state index in [-0.39, 0.29) is 17.9 Å². The van der Waals surface area contributed by atoms with Gasteiger partial charge in [0.15, 0.2) is 0 Å². The number of hydrogen-bond acceptors (Lipinski definition) is 2. The predicted molar refractivity (Wildman–Crippen MR) is 76.9 cm³/mol. The van der Waals surface area contributed by atoms with E-state index in [9.17, 15) is 9.59 Å². The van der Waals surface area contributed by atoms with Crippen LogP contribution in [-0.2, 0) is 11.2 Å². The molecule has 2 N–H and O–H groups in total. The van der Waals surface area contributed by atoms with Gasteiger partial charge in [-0.2, -0.15) is 0 Å². The van der Waals surface area contributed by atoms with Crippen molar-refractivity contribution in [2.75, 3.05) is 5.32 Å². The topological polar surface area (TPSA) is 66.4 Å². The summed E-state index contributed by atoms with van der Waals surface area (Å²) in [7, 11) is 0. The number of amides is 1. The largest absolute Gasteiger partial charge is 0.478 e. The zero-order valence-corrected chi connectivity index (χ0v) is 11.1. The maximum Gasteiger partial charge on any atom is 0.335 e. The highest BCUT2D eigenvalue weighted by Crippen LogP contribution is 2.12. The van der Waals surface area contributed by atoms with Crippen LogP contribution >= 0.6 is 0 Å². The normalized spacial score (nSPS) is 10.1. The predicted octanol–water partition coefficient (Wildman–Crippen LogP) is 2.87. The van der Waals surface area contributed by atoms with Crippen LogP contribution in [0.15, 0.2) is 48.5 Å². The molecule has 0 saturated carbocycles. The third kappa shape index (κ3) is 3.68. The molecule has 0 aromatic heterocycles. The van der Waals surface area contributed by atoms with Crippen LogP contribution in [0.4, 0.5) is 5.69 Å². The summed E-state index contributed by atoms with van der Waals surface area (Å²) in [6.45, 7) is 1.97. The Morgan fingerprint density at radius 3 is 2.55 bits per heavy atom. The Hall–Kier alpha value is -2.62. The van der Waals surface area contributed by atoms with Crippen molar-refractivity contribution in [1.82, 2.24) is 0 Å². The van der Waals surface area contributed by atoms with Gasteiger partial charge in [-0.15, -0.1) is 0 Å². The molecule has 4 nitrogen and oxygen atoms in total. The van der Waals surface area contributed by atoms with Crippen molar-refractivity contribution in [2.24, 2.45) is 0 Å². The van der Waals surface area contributed by atoms with Gasteiger partial charge in [0.2, 0.25) is 5.91 Å². The van der Waals surface area contributed by atoms with E-state index in [4.69, 9.17) is 5.11 Å². The van der Waals surface area contributed by atoms with Crippen LogP contribution in [0.3, 0.4) is 0 Å². The minimum atomic E-state index is -1.01. The first-order valence-corrected chi connectivity index (χ1v) is 6.23. The number of rotatable bonds is 4. The molecule has 2 rings (SSSR count). The molecule has 102 valence electrons. The smallest absolute Gasteiger partial charge is 0.335 e. The van der Waals surface area contributed by atoms with Crippen LogP contribution in [0.25, 0.3) is 0 Å². The molecule has 0 aliphatic rings. The van der Waals surface area contributed by atoms with Gasteiger partial charge in [0, 0.05) is 5.69 Å². The fourth-order valence-electron chi connectivity index (χ4n) is 1.94. The Kier molecular flexibility index (Phi) is 4.15. The monoisotopic (exact) mass is 269 g/mol. The average molecular weight is 269 g/mol. The van der Waals surface area contributed by atoms with Gasteiger partial charge in [-0.3, -0.25) is 4.79 Å². The fourth-order valence-corrected chi connectivity index (χ4v) is 1.94. The van der Waals surface area contributed by atoms with Crippen molar-refractivity contribution >= 4 is 17.6 Å². The lowest BCUT2D eigenvalue weighted by Crippen LogP contribution is -2.14. The maximum absolute atomic E-state index is 11.9. The van der Waals surface area contributed by atoms with Crippen LogP contribution in [0.2, 0.25) is 0 Å². The number of carbonyl (C=O) groups excluding carboxylic acids is 1. The number of carboxylic acids is 1. The lowest BCUT2D eigenvalue weighted by molar-refractivity contribution is -0.115. The third-order valence-corrected chi connectivity index (χ3v) is 2.84. The molecule has 2 aromatic rings. The fraction of sp³-hybridized carbons (Fsp3) is 0.125. The van der Waals surface area contributed by atoms with E-state index in [0.29, 0.717) is 5.69 Å². The number of aryl methyl sites for hydroxylation is 1. The van der Waals surface area contributed by atoms with Crippen LogP contribution in [0, 0.1) is 6.92 Å². The lowest BCUT2D eigenvalue weighted by atomic mass is 10.1. The molecule has 4 heteroatoms. The molecule has 2 aromatic carbocycles. The summed E-state index contributed by atoms with van der Waals surface area (Å²) in [5, 5.41) is 11.6. The molecule has 1 amide bonds. The van der Waals surface area contributed by atoms with Crippen molar-refractivity contribution in [3.63, 3.8) is 0 Å². The minimum absolute atomic E-state index is 0.151. The molecule has 0 aliphatic carbocycles. The Balaban J connectivity index is 2.04. The maximum atomic E-state index is 11.9. The molecule has 0 aliphatic heterocycles. The van der Waals surface area contributed by atoms with E-state index in [2.05, 4.69) is 5.32 Å². The van der Waals surface area contributed by atoms with E-state index < -0.39 is 5.97 Å². The summed E-state index contributed by atoms with van der Waals surface area (Å²) in [5.74, 6) is -1.18. The first-order valence-electron chi connectivity index (χ1n) is 6.23. The standard InChI is InChI=1S/C16H15NO3/c1-11-4-2-5-12(8-11)9-15(18)17-14-7-3-6-13(10-14)16(19)20/h2-8,10H,9H2,1H3,(H,17,18)(H,19,20). The van der Waals surface area contributed by atoms with Crippen molar-refractivity contribution in [1.29, 1.82) is 0 Å². The van der Waals surface area contributed by atoms with Gasteiger partial charge in [0.05, 0.1) is 12.0 Å². The van der Waals surface area contributed by atoms with Gasteiger partial charge < -0.3 is 10.4 Å². The summed E-state index contributed by atoms with van der Waals surface area (Å²) in [6, 6.07) is 13.9. The first kappa shape index (κ1) is 13.8. The van der Waals surface area contributed by atoms with Crippen molar-refractivity contribution in [2.45, 2.75) is 13.3 Å². The zero-order valence-electron chi connectivity index (χ0n) is 11.1. The summed E-state index contributed by atoms with van der Waals surface area (Å²) < 4.78 is 0. The number of nitrogens with one attached hydrogen (secondary N) is 1. The number of aromatic carboxylic acids is 1. The third-order valence-electron chi connectivity index (χ3n) is 2.84. The molecule has 0 atom stereocenters. The molecule has 0 unspecified atom stereocenters. The van der Waals surface area contributed by atoms with E-state index in [1.807, 2.05) is 31.2 Å². The number of carboxylic acid groups (broad SMARTS) is 1. The molecule has 20 heavy (non-hydrogen) atoms. The summed E-state index contributed by atoms with van der Waals surface area (Å²) in [5.41, 5.74) is 2.67. The molecule has 0 bridgehead atoms. The molecule has 0 heterocycles. The van der Waals surface area contributed by atoms with Gasteiger partial charge in [-0.05, 0) is 30.7 Å². The van der Waals surface area contributed by atoms with Gasteiger partial charge in [0.1, 0.15) is 0 Å². The molecule has 0 saturated heterocycles. The van der Waals surface area contributed by atoms with Crippen LogP contribution < -0.4 is 5.32 Å². The number of carbonyl (C=O) groups is 2. The number of benzene rings is 2. The van der Waals surface area contributed by atoms with Gasteiger partial charge >= 0.3 is 5.97 Å². The van der Waals surface area contributed by atoms with Gasteiger partial charge in [-0.25, -0.2) is 4.79 Å². The quantitative estimate of drug-likeness (QED) is 0.896. The van der Waals surface area contributed by atoms with E-state index in [1.54, 1.807) is 12.1 Å². The summed E-state index contributed by atoms with van der Waals surface area (Å²) in [6.07, 6.45) is 0.263. The number of hydrogen-bond donors (Lipinski definition) is 2. The average Bonchev–Trinajstić information content (AvgIpc) is 2.38. The van der Waals surface area contributed by atoms with Crippen LogP contribution in [0.1, 0.15) is 21.5 Å². The second-order valence-corrected chi connectivity index (χ2v) is 4.60. The Morgan fingerprint density at radius 2 is 1.85 bits per heavy atom. The minimum Gasteiger partial charge on any atom is -0.478 e. The van der Waals surface area contributed by atoms with Gasteiger partial charge in [0.25, 0.3) is 0 Å². The van der Waals surface area contributed by atoms with Crippen LogP contribution in [-0.4, -0.2) is 17.0 Å². The summed E-state index contributed by atoms with van der Waals surface area (Å²) in [4.78, 5) is 22.8. The second-order valence-electron chi connectivity index (χ2n) is 4.60. The highest BCUT2D eigenvalue weighted by atomic mass is 16.4. The summed E-state index contributed by atoms with van der Waals surface area (Å²) >= 11 is 0. The SMILES string of the molecule is Cc1cccc(CC(=O)Nc2cccc(C(=O)O)c2)c1. The number of anilines is 1. The van der Waals surface area contributed by atoms with Crippen molar-refractivity contribution in [3.05, 3.63) is 65.2 Å². The molecule has 0 fully saturated rings.